The van der Waals surface area contributed by atoms with E-state index in [1.165, 1.54) is 20.3 Å². The molecular formula is C15H13I. The monoisotopic (exact) mass is 320 g/mol. The van der Waals surface area contributed by atoms with Crippen LogP contribution in [-0.4, -0.2) is 0 Å². The minimum atomic E-state index is 0.918. The molecule has 80 valence electrons. The second-order valence-electron chi connectivity index (χ2n) is 3.63. The second-order valence-corrected chi connectivity index (χ2v) is 4.79. The first-order valence-corrected chi connectivity index (χ1v) is 6.34. The van der Waals surface area contributed by atoms with Crippen molar-refractivity contribution in [3.8, 4) is 11.1 Å². The maximum Gasteiger partial charge on any atom is 0.0208 e. The maximum absolute atomic E-state index is 3.81. The van der Waals surface area contributed by atoms with Crippen LogP contribution in [0, 0.1) is 3.57 Å². The molecule has 0 heterocycles. The van der Waals surface area contributed by atoms with Crippen LogP contribution in [0.5, 0.6) is 0 Å². The third-order valence-electron chi connectivity index (χ3n) is 2.55. The molecule has 0 aromatic heterocycles. The molecular weight excluding hydrogens is 307 g/mol. The second kappa shape index (κ2) is 5.30. The van der Waals surface area contributed by atoms with Crippen LogP contribution in [0.3, 0.4) is 0 Å². The quantitative estimate of drug-likeness (QED) is 0.569. The fourth-order valence-corrected chi connectivity index (χ4v) is 2.47. The number of hydrogen-bond acceptors (Lipinski definition) is 0. The van der Waals surface area contributed by atoms with Crippen molar-refractivity contribution >= 4 is 22.6 Å². The molecule has 0 nitrogen and oxygen atoms in total. The molecule has 16 heavy (non-hydrogen) atoms. The first-order valence-electron chi connectivity index (χ1n) is 5.26. The topological polar surface area (TPSA) is 0 Å². The molecule has 0 N–H and O–H groups in total. The summed E-state index contributed by atoms with van der Waals surface area (Å²) in [7, 11) is 0. The number of benzene rings is 2. The van der Waals surface area contributed by atoms with Gasteiger partial charge in [-0.15, -0.1) is 6.58 Å². The lowest BCUT2D eigenvalue weighted by Gasteiger charge is -2.09. The fourth-order valence-electron chi connectivity index (χ4n) is 1.80. The molecule has 2 aromatic rings. The van der Waals surface area contributed by atoms with E-state index in [4.69, 9.17) is 0 Å². The zero-order valence-corrected chi connectivity index (χ0v) is 11.1. The van der Waals surface area contributed by atoms with Crippen molar-refractivity contribution in [3.63, 3.8) is 0 Å². The van der Waals surface area contributed by atoms with Gasteiger partial charge in [0.15, 0.2) is 0 Å². The minimum Gasteiger partial charge on any atom is -0.103 e. The lowest BCUT2D eigenvalue weighted by molar-refractivity contribution is 1.28. The SMILES string of the molecule is C=CCc1ccccc1-c1ccccc1I. The zero-order valence-electron chi connectivity index (χ0n) is 8.99. The largest absolute Gasteiger partial charge is 0.103 e. The summed E-state index contributed by atoms with van der Waals surface area (Å²) in [5, 5.41) is 0. The molecule has 0 aliphatic carbocycles. The number of hydrogen-bond donors (Lipinski definition) is 0. The Morgan fingerprint density at radius 2 is 1.56 bits per heavy atom. The molecule has 2 rings (SSSR count). The van der Waals surface area contributed by atoms with Gasteiger partial charge in [-0.1, -0.05) is 48.5 Å². The van der Waals surface area contributed by atoms with Crippen molar-refractivity contribution in [2.75, 3.05) is 0 Å². The van der Waals surface area contributed by atoms with Gasteiger partial charge in [-0.05, 0) is 51.8 Å². The van der Waals surface area contributed by atoms with Gasteiger partial charge < -0.3 is 0 Å². The van der Waals surface area contributed by atoms with Crippen LogP contribution in [0.2, 0.25) is 0 Å². The van der Waals surface area contributed by atoms with Gasteiger partial charge in [-0.2, -0.15) is 0 Å². The van der Waals surface area contributed by atoms with Gasteiger partial charge >= 0.3 is 0 Å². The van der Waals surface area contributed by atoms with Crippen LogP contribution in [0.4, 0.5) is 0 Å². The summed E-state index contributed by atoms with van der Waals surface area (Å²) in [5.74, 6) is 0. The molecule has 0 unspecified atom stereocenters. The number of allylic oxidation sites excluding steroid dienone is 1. The average Bonchev–Trinajstić information content (AvgIpc) is 2.31. The standard InChI is InChI=1S/C15H13I/c1-2-7-12-8-3-4-9-13(12)14-10-5-6-11-15(14)16/h2-6,8-11H,1,7H2. The van der Waals surface area contributed by atoms with E-state index in [0.29, 0.717) is 0 Å². The summed E-state index contributed by atoms with van der Waals surface area (Å²) < 4.78 is 1.29. The third kappa shape index (κ3) is 2.35. The predicted octanol–water partition coefficient (Wildman–Crippen LogP) is 4.69. The maximum atomic E-state index is 3.81. The van der Waals surface area contributed by atoms with E-state index in [0.717, 1.165) is 6.42 Å². The summed E-state index contributed by atoms with van der Waals surface area (Å²) in [6, 6.07) is 17.0. The molecule has 0 radical (unpaired) electrons. The summed E-state index contributed by atoms with van der Waals surface area (Å²) >= 11 is 2.38. The lowest BCUT2D eigenvalue weighted by Crippen LogP contribution is -1.89. The van der Waals surface area contributed by atoms with E-state index in [-0.39, 0.29) is 0 Å². The molecule has 0 saturated heterocycles. The first kappa shape index (κ1) is 11.4. The number of halogens is 1. The van der Waals surface area contributed by atoms with Gasteiger partial charge in [0.2, 0.25) is 0 Å². The Kier molecular flexibility index (Phi) is 3.78. The Hall–Kier alpha value is -1.09. The van der Waals surface area contributed by atoms with E-state index < -0.39 is 0 Å². The van der Waals surface area contributed by atoms with Gasteiger partial charge in [0, 0.05) is 3.57 Å². The Balaban J connectivity index is 2.55. The molecule has 0 atom stereocenters. The van der Waals surface area contributed by atoms with Crippen LogP contribution in [0.15, 0.2) is 61.2 Å². The van der Waals surface area contributed by atoms with Crippen LogP contribution >= 0.6 is 22.6 Å². The highest BCUT2D eigenvalue weighted by Crippen LogP contribution is 2.28. The molecule has 2 aromatic carbocycles. The van der Waals surface area contributed by atoms with Crippen molar-refractivity contribution in [3.05, 3.63) is 70.3 Å². The van der Waals surface area contributed by atoms with Crippen LogP contribution in [0.1, 0.15) is 5.56 Å². The van der Waals surface area contributed by atoms with Gasteiger partial charge in [-0.25, -0.2) is 0 Å². The Morgan fingerprint density at radius 3 is 2.25 bits per heavy atom. The van der Waals surface area contributed by atoms with E-state index in [9.17, 15) is 0 Å². The van der Waals surface area contributed by atoms with Gasteiger partial charge in [0.25, 0.3) is 0 Å². The first-order chi connectivity index (χ1) is 7.83. The summed E-state index contributed by atoms with van der Waals surface area (Å²) in [5.41, 5.74) is 3.95. The summed E-state index contributed by atoms with van der Waals surface area (Å²) in [4.78, 5) is 0. The van der Waals surface area contributed by atoms with E-state index in [1.54, 1.807) is 0 Å². The van der Waals surface area contributed by atoms with Crippen molar-refractivity contribution in [2.24, 2.45) is 0 Å². The summed E-state index contributed by atoms with van der Waals surface area (Å²) in [6.45, 7) is 3.81. The predicted molar refractivity (Wildman–Crippen MR) is 78.5 cm³/mol. The molecule has 1 heteroatoms. The molecule has 0 saturated carbocycles. The number of rotatable bonds is 3. The van der Waals surface area contributed by atoms with Crippen LogP contribution in [0.25, 0.3) is 11.1 Å². The molecule has 0 aliphatic rings. The van der Waals surface area contributed by atoms with Crippen molar-refractivity contribution in [1.29, 1.82) is 0 Å². The summed E-state index contributed by atoms with van der Waals surface area (Å²) in [6.07, 6.45) is 2.87. The van der Waals surface area contributed by atoms with E-state index in [1.807, 2.05) is 6.08 Å². The van der Waals surface area contributed by atoms with E-state index in [2.05, 4.69) is 77.7 Å². The molecule has 0 bridgehead atoms. The van der Waals surface area contributed by atoms with Crippen LogP contribution in [-0.2, 0) is 6.42 Å². The highest BCUT2D eigenvalue weighted by molar-refractivity contribution is 14.1. The minimum absolute atomic E-state index is 0.918. The molecule has 0 amide bonds. The highest BCUT2D eigenvalue weighted by atomic mass is 127. The molecule has 0 aliphatic heterocycles. The van der Waals surface area contributed by atoms with E-state index >= 15 is 0 Å². The van der Waals surface area contributed by atoms with Crippen molar-refractivity contribution in [2.45, 2.75) is 6.42 Å². The van der Waals surface area contributed by atoms with Gasteiger partial charge in [0.1, 0.15) is 0 Å². The lowest BCUT2D eigenvalue weighted by atomic mass is 9.98. The van der Waals surface area contributed by atoms with Crippen molar-refractivity contribution < 1.29 is 0 Å². The van der Waals surface area contributed by atoms with Gasteiger partial charge in [-0.3, -0.25) is 0 Å². The Labute approximate surface area is 110 Å². The highest BCUT2D eigenvalue weighted by Gasteiger charge is 2.05. The fraction of sp³-hybridized carbons (Fsp3) is 0.0667. The van der Waals surface area contributed by atoms with Crippen molar-refractivity contribution in [1.82, 2.24) is 0 Å². The average molecular weight is 320 g/mol. The normalized spacial score (nSPS) is 10.1. The molecule has 0 fully saturated rings. The van der Waals surface area contributed by atoms with Gasteiger partial charge in [0.05, 0.1) is 0 Å². The molecule has 0 spiro atoms. The van der Waals surface area contributed by atoms with Crippen LogP contribution < -0.4 is 0 Å². The zero-order chi connectivity index (χ0) is 11.4. The smallest absolute Gasteiger partial charge is 0.0208 e. The Bertz CT molecular complexity index is 500. The Morgan fingerprint density at radius 1 is 0.938 bits per heavy atom. The third-order valence-corrected chi connectivity index (χ3v) is 3.49.